The van der Waals surface area contributed by atoms with Crippen molar-refractivity contribution in [2.75, 3.05) is 26.4 Å². The predicted octanol–water partition coefficient (Wildman–Crippen LogP) is 1.93. The Morgan fingerprint density at radius 1 is 1.05 bits per heavy atom. The van der Waals surface area contributed by atoms with Crippen molar-refractivity contribution >= 4 is 5.71 Å². The fraction of sp³-hybridized carbons (Fsp3) is 0.923. The van der Waals surface area contributed by atoms with Crippen LogP contribution in [0, 0.1) is 0 Å². The average molecular weight is 275 g/mol. The highest BCUT2D eigenvalue weighted by Crippen LogP contribution is 2.20. The number of nitrogens with zero attached hydrogens (tertiary/aromatic N) is 1. The van der Waals surface area contributed by atoms with Gasteiger partial charge in [0, 0.05) is 32.8 Å². The van der Waals surface area contributed by atoms with E-state index in [9.17, 15) is 0 Å². The van der Waals surface area contributed by atoms with Crippen LogP contribution in [0.2, 0.25) is 0 Å². The van der Waals surface area contributed by atoms with Crippen molar-refractivity contribution in [2.24, 2.45) is 5.16 Å². The molecule has 0 bridgehead atoms. The van der Waals surface area contributed by atoms with Gasteiger partial charge in [0.15, 0.2) is 6.29 Å². The summed E-state index contributed by atoms with van der Waals surface area (Å²) in [6.45, 7) is 9.94. The highest BCUT2D eigenvalue weighted by Gasteiger charge is 2.34. The Labute approximate surface area is 115 Å². The molecule has 2 atom stereocenters. The first kappa shape index (κ1) is 16.4. The molecule has 1 rings (SSSR count). The van der Waals surface area contributed by atoms with Gasteiger partial charge in [0.2, 0.25) is 0 Å². The van der Waals surface area contributed by atoms with Crippen molar-refractivity contribution in [3.05, 3.63) is 0 Å². The van der Waals surface area contributed by atoms with Crippen molar-refractivity contribution in [3.8, 4) is 0 Å². The Hall–Kier alpha value is -0.690. The number of hydrogen-bond acceptors (Lipinski definition) is 6. The Bertz CT molecular complexity index is 266. The van der Waals surface area contributed by atoms with Gasteiger partial charge in [0.1, 0.15) is 11.8 Å². The average Bonchev–Trinajstić information content (AvgIpc) is 2.41. The maximum atomic E-state index is 5.64. The zero-order valence-corrected chi connectivity index (χ0v) is 12.3. The van der Waals surface area contributed by atoms with Gasteiger partial charge < -0.3 is 23.8 Å². The van der Waals surface area contributed by atoms with Gasteiger partial charge in [-0.25, -0.2) is 0 Å². The highest BCUT2D eigenvalue weighted by atomic mass is 16.8. The van der Waals surface area contributed by atoms with Crippen LogP contribution in [0.5, 0.6) is 0 Å². The molecule has 0 radical (unpaired) electrons. The SMILES string of the molecule is CCOC(OCC)C1=NO[C@@H](OCC)[C@H](OCC)C1. The molecule has 0 aliphatic carbocycles. The van der Waals surface area contributed by atoms with Gasteiger partial charge in [0.05, 0.1) is 0 Å². The summed E-state index contributed by atoms with van der Waals surface area (Å²) in [6, 6.07) is 0. The first-order valence-corrected chi connectivity index (χ1v) is 6.95. The van der Waals surface area contributed by atoms with E-state index in [1.54, 1.807) is 0 Å². The van der Waals surface area contributed by atoms with Crippen LogP contribution in [0.25, 0.3) is 0 Å². The van der Waals surface area contributed by atoms with E-state index < -0.39 is 12.6 Å². The van der Waals surface area contributed by atoms with Crippen LogP contribution < -0.4 is 0 Å². The molecular weight excluding hydrogens is 250 g/mol. The van der Waals surface area contributed by atoms with Crippen molar-refractivity contribution in [3.63, 3.8) is 0 Å². The lowest BCUT2D eigenvalue weighted by Gasteiger charge is -2.31. The molecule has 19 heavy (non-hydrogen) atoms. The lowest BCUT2D eigenvalue weighted by molar-refractivity contribution is -0.213. The Morgan fingerprint density at radius 3 is 2.21 bits per heavy atom. The zero-order valence-electron chi connectivity index (χ0n) is 12.3. The quantitative estimate of drug-likeness (QED) is 0.602. The van der Waals surface area contributed by atoms with Crippen LogP contribution in [0.4, 0.5) is 0 Å². The summed E-state index contributed by atoms with van der Waals surface area (Å²) in [5.41, 5.74) is 0.707. The van der Waals surface area contributed by atoms with Crippen LogP contribution in [-0.4, -0.2) is 50.8 Å². The molecule has 112 valence electrons. The fourth-order valence-corrected chi connectivity index (χ4v) is 1.86. The summed E-state index contributed by atoms with van der Waals surface area (Å²) in [5, 5.41) is 4.06. The van der Waals surface area contributed by atoms with E-state index in [0.717, 1.165) is 0 Å². The summed E-state index contributed by atoms with van der Waals surface area (Å²) >= 11 is 0. The molecule has 0 aromatic heterocycles. The molecule has 6 nitrogen and oxygen atoms in total. The molecule has 1 aliphatic rings. The minimum absolute atomic E-state index is 0.180. The highest BCUT2D eigenvalue weighted by molar-refractivity contribution is 5.88. The summed E-state index contributed by atoms with van der Waals surface area (Å²) in [4.78, 5) is 5.35. The van der Waals surface area contributed by atoms with E-state index in [1.807, 2.05) is 27.7 Å². The lowest BCUT2D eigenvalue weighted by Crippen LogP contribution is -2.42. The molecule has 1 aliphatic heterocycles. The van der Waals surface area contributed by atoms with Crippen LogP contribution in [-0.2, 0) is 23.8 Å². The molecule has 0 aromatic carbocycles. The minimum atomic E-state index is -0.472. The molecule has 0 unspecified atom stereocenters. The molecule has 0 N–H and O–H groups in total. The molecular formula is C13H25NO5. The number of oxime groups is 1. The molecule has 0 saturated heterocycles. The molecule has 0 amide bonds. The van der Waals surface area contributed by atoms with E-state index in [0.29, 0.717) is 38.6 Å². The van der Waals surface area contributed by atoms with Crippen molar-refractivity contribution in [1.82, 2.24) is 0 Å². The van der Waals surface area contributed by atoms with Crippen LogP contribution in [0.3, 0.4) is 0 Å². The fourth-order valence-electron chi connectivity index (χ4n) is 1.86. The van der Waals surface area contributed by atoms with Crippen molar-refractivity contribution in [1.29, 1.82) is 0 Å². The van der Waals surface area contributed by atoms with Crippen LogP contribution in [0.15, 0.2) is 5.16 Å². The third-order valence-corrected chi connectivity index (χ3v) is 2.61. The summed E-state index contributed by atoms with van der Waals surface area (Å²) in [7, 11) is 0. The van der Waals surface area contributed by atoms with Gasteiger partial charge in [-0.05, 0) is 27.7 Å². The Balaban J connectivity index is 2.68. The van der Waals surface area contributed by atoms with E-state index in [4.69, 9.17) is 23.8 Å². The molecule has 6 heteroatoms. The van der Waals surface area contributed by atoms with Crippen LogP contribution in [0.1, 0.15) is 34.1 Å². The van der Waals surface area contributed by atoms with Gasteiger partial charge in [-0.15, -0.1) is 0 Å². The zero-order chi connectivity index (χ0) is 14.1. The van der Waals surface area contributed by atoms with Crippen LogP contribution >= 0.6 is 0 Å². The monoisotopic (exact) mass is 275 g/mol. The van der Waals surface area contributed by atoms with E-state index in [1.165, 1.54) is 0 Å². The molecule has 0 aromatic rings. The maximum Gasteiger partial charge on any atom is 0.253 e. The molecule has 0 fully saturated rings. The van der Waals surface area contributed by atoms with Gasteiger partial charge in [-0.2, -0.15) is 0 Å². The first-order valence-electron chi connectivity index (χ1n) is 6.95. The van der Waals surface area contributed by atoms with Gasteiger partial charge in [0.25, 0.3) is 6.29 Å². The number of rotatable bonds is 9. The molecule has 1 heterocycles. The predicted molar refractivity (Wildman–Crippen MR) is 71.0 cm³/mol. The van der Waals surface area contributed by atoms with E-state index in [-0.39, 0.29) is 6.10 Å². The Morgan fingerprint density at radius 2 is 1.68 bits per heavy atom. The number of hydrogen-bond donors (Lipinski definition) is 0. The first-order chi connectivity index (χ1) is 9.26. The third kappa shape index (κ3) is 5.06. The second-order valence-corrected chi connectivity index (χ2v) is 3.95. The summed E-state index contributed by atoms with van der Waals surface area (Å²) in [6.07, 6.45) is -0.526. The standard InChI is InChI=1S/C13H25NO5/c1-5-15-11-9-10(12(16-6-2)17-7-3)14-19-13(11)18-8-4/h11-13H,5-9H2,1-4H3/t11-,13-/m1/s1. The largest absolute Gasteiger partial charge is 0.371 e. The van der Waals surface area contributed by atoms with E-state index in [2.05, 4.69) is 5.16 Å². The minimum Gasteiger partial charge on any atom is -0.371 e. The maximum absolute atomic E-state index is 5.64. The van der Waals surface area contributed by atoms with E-state index >= 15 is 0 Å². The molecule has 0 saturated carbocycles. The lowest BCUT2D eigenvalue weighted by atomic mass is 10.1. The normalized spacial score (nSPS) is 23.3. The van der Waals surface area contributed by atoms with Crippen molar-refractivity contribution < 1.29 is 23.8 Å². The smallest absolute Gasteiger partial charge is 0.253 e. The van der Waals surface area contributed by atoms with Gasteiger partial charge >= 0.3 is 0 Å². The summed E-state index contributed by atoms with van der Waals surface area (Å²) < 4.78 is 22.1. The summed E-state index contributed by atoms with van der Waals surface area (Å²) in [5.74, 6) is 0. The van der Waals surface area contributed by atoms with Gasteiger partial charge in [-0.1, -0.05) is 5.16 Å². The molecule has 0 spiro atoms. The second kappa shape index (κ2) is 9.25. The Kier molecular flexibility index (Phi) is 7.97. The third-order valence-electron chi connectivity index (χ3n) is 2.61. The van der Waals surface area contributed by atoms with Gasteiger partial charge in [-0.3, -0.25) is 0 Å². The topological polar surface area (TPSA) is 58.5 Å². The van der Waals surface area contributed by atoms with Crippen molar-refractivity contribution in [2.45, 2.75) is 52.8 Å². The number of ether oxygens (including phenoxy) is 4. The second-order valence-electron chi connectivity index (χ2n) is 3.95.